The number of nitrogens with zero attached hydrogens (tertiary/aromatic N) is 6. The number of hydrogen-bond donors (Lipinski definition) is 2. The fraction of sp³-hybridized carbons (Fsp3) is 0.349. The van der Waals surface area contributed by atoms with E-state index in [2.05, 4.69) is 48.9 Å². The number of halogens is 11. The molecule has 3 heterocycles. The van der Waals surface area contributed by atoms with Gasteiger partial charge in [-0.3, -0.25) is 14.2 Å². The highest BCUT2D eigenvalue weighted by molar-refractivity contribution is 7.92. The summed E-state index contributed by atoms with van der Waals surface area (Å²) >= 11 is 6.55. The minimum absolute atomic E-state index is 0.110. The molecular weight excluding hydrogens is 1050 g/mol. The van der Waals surface area contributed by atoms with Gasteiger partial charge in [0.05, 0.1) is 39.8 Å². The lowest BCUT2D eigenvalue weighted by Gasteiger charge is -2.24. The number of nitrogens with one attached hydrogen (secondary N) is 1. The first kappa shape index (κ1) is 52.9. The van der Waals surface area contributed by atoms with Gasteiger partial charge in [0.1, 0.15) is 46.8 Å². The zero-order valence-corrected chi connectivity index (χ0v) is 39.4. The van der Waals surface area contributed by atoms with Crippen molar-refractivity contribution in [2.24, 2.45) is 5.92 Å². The number of pyridine rings is 1. The molecule has 0 fully saturated rings. The number of carbonyl (C=O) groups is 3. The van der Waals surface area contributed by atoms with Gasteiger partial charge in [0.2, 0.25) is 15.9 Å². The van der Waals surface area contributed by atoms with Gasteiger partial charge >= 0.3 is 30.2 Å². The van der Waals surface area contributed by atoms with Crippen molar-refractivity contribution < 1.29 is 85.0 Å². The molecule has 2 aliphatic rings. The molecule has 29 heteroatoms. The van der Waals surface area contributed by atoms with Gasteiger partial charge in [0.25, 0.3) is 0 Å². The summed E-state index contributed by atoms with van der Waals surface area (Å²) in [6.07, 6.45) is -9.89. The Kier molecular flexibility index (Phi) is 13.4. The molecule has 0 bridgehead atoms. The summed E-state index contributed by atoms with van der Waals surface area (Å²) in [5.41, 5.74) is -6.59. The molecule has 0 saturated carbocycles. The summed E-state index contributed by atoms with van der Waals surface area (Å²) in [4.78, 5) is 41.8. The van der Waals surface area contributed by atoms with Gasteiger partial charge < -0.3 is 15.2 Å². The molecule has 0 radical (unpaired) electrons. The van der Waals surface area contributed by atoms with E-state index in [0.29, 0.717) is 12.3 Å². The molecule has 3 atom stereocenters. The second-order valence-electron chi connectivity index (χ2n) is 16.8. The van der Waals surface area contributed by atoms with Crippen molar-refractivity contribution in [3.8, 4) is 34.8 Å². The number of hydrogen-bond acceptors (Lipinski definition) is 11. The zero-order chi connectivity index (χ0) is 53.4. The van der Waals surface area contributed by atoms with Crippen LogP contribution in [0.25, 0.3) is 22.0 Å². The molecule has 7 rings (SSSR count). The van der Waals surface area contributed by atoms with Gasteiger partial charge in [-0.2, -0.15) is 45.3 Å². The van der Waals surface area contributed by atoms with E-state index in [0.717, 1.165) is 42.7 Å². The summed E-state index contributed by atoms with van der Waals surface area (Å²) in [6, 6.07) is 4.44. The Morgan fingerprint density at radius 1 is 0.958 bits per heavy atom. The molecule has 5 aromatic rings. The van der Waals surface area contributed by atoms with Crippen LogP contribution in [0.15, 0.2) is 42.5 Å². The summed E-state index contributed by atoms with van der Waals surface area (Å²) in [7, 11) is -8.70. The number of fused-ring (bicyclic) bond motifs is 4. The molecule has 0 spiro atoms. The maximum absolute atomic E-state index is 15.7. The lowest BCUT2D eigenvalue weighted by Crippen LogP contribution is -2.36. The van der Waals surface area contributed by atoms with E-state index in [-0.39, 0.29) is 30.5 Å². The van der Waals surface area contributed by atoms with Crippen molar-refractivity contribution in [1.82, 2.24) is 29.9 Å². The number of aromatic nitrogens is 5. The van der Waals surface area contributed by atoms with Crippen LogP contribution in [0.2, 0.25) is 5.02 Å². The van der Waals surface area contributed by atoms with Crippen LogP contribution < -0.4 is 9.62 Å². The van der Waals surface area contributed by atoms with Crippen molar-refractivity contribution in [3.63, 3.8) is 0 Å². The second-order valence-corrected chi connectivity index (χ2v) is 21.7. The maximum Gasteiger partial charge on any atom is 0.435 e. The third-order valence-electron chi connectivity index (χ3n) is 11.2. The van der Waals surface area contributed by atoms with Crippen molar-refractivity contribution in [1.29, 1.82) is 0 Å². The highest BCUT2D eigenvalue weighted by Crippen LogP contribution is 2.58. The first-order chi connectivity index (χ1) is 33.1. The van der Waals surface area contributed by atoms with Crippen LogP contribution in [0.5, 0.6) is 0 Å². The Morgan fingerprint density at radius 2 is 1.60 bits per heavy atom. The van der Waals surface area contributed by atoms with E-state index in [9.17, 15) is 66.3 Å². The number of ether oxygens (including phenoxy) is 1. The number of esters is 1. The maximum atomic E-state index is 15.7. The van der Waals surface area contributed by atoms with Crippen LogP contribution in [0.1, 0.15) is 59.7 Å². The number of sulfone groups is 1. The standard InChI is InChI=1S/C43H32ClF10N7O9S2/c1-40(2,71(3,66)67)12-11-23-5-6-24(25-8-10-28(44)32-34(25)60(18-41(47,48)49)58-37(32)61(72(4,68)69)19-70-39(65)38(63)64)33(55-23)29(15-20-13-21(45)16-22(46)14-20)56-30(62)17-59-36-31(35(57-59)43(52,53)54)26-7-9-27(26)42(36,50)51/h5-6,8,10,13-14,16,26-27,29H,15,17-19H2,1-4H3,(H,56,62)(H,63,64)/t26-,27+,29-/m0/s1. The zero-order valence-electron chi connectivity index (χ0n) is 37.0. The number of aliphatic carboxylic acids is 1. The molecule has 2 aromatic carbocycles. The van der Waals surface area contributed by atoms with Gasteiger partial charge in [0, 0.05) is 29.0 Å². The van der Waals surface area contributed by atoms with E-state index >= 15 is 8.78 Å². The molecule has 0 saturated heterocycles. The van der Waals surface area contributed by atoms with Gasteiger partial charge in [-0.05, 0) is 62.1 Å². The Labute approximate surface area is 405 Å². The Morgan fingerprint density at radius 3 is 2.15 bits per heavy atom. The molecule has 1 amide bonds. The summed E-state index contributed by atoms with van der Waals surface area (Å²) < 4.78 is 202. The number of anilines is 1. The largest absolute Gasteiger partial charge is 0.473 e. The minimum Gasteiger partial charge on any atom is -0.473 e. The van der Waals surface area contributed by atoms with Crippen molar-refractivity contribution in [3.05, 3.63) is 93.0 Å². The lowest BCUT2D eigenvalue weighted by atomic mass is 9.84. The molecule has 3 aromatic heterocycles. The number of carbonyl (C=O) groups excluding carboxylic acids is 2. The molecular formula is C43H32ClF10N7O9S2. The van der Waals surface area contributed by atoms with E-state index < -0.39 is 166 Å². The van der Waals surface area contributed by atoms with E-state index in [4.69, 9.17) is 16.7 Å². The van der Waals surface area contributed by atoms with Crippen LogP contribution in [-0.4, -0.2) is 94.5 Å². The summed E-state index contributed by atoms with van der Waals surface area (Å²) in [5.74, 6) is -7.00. The van der Waals surface area contributed by atoms with Crippen molar-refractivity contribution >= 4 is 66.0 Å². The fourth-order valence-electron chi connectivity index (χ4n) is 7.71. The predicted octanol–water partition coefficient (Wildman–Crippen LogP) is 6.26. The molecule has 382 valence electrons. The van der Waals surface area contributed by atoms with Crippen LogP contribution in [0.3, 0.4) is 0 Å². The van der Waals surface area contributed by atoms with Gasteiger partial charge in [-0.1, -0.05) is 35.4 Å². The number of carboxylic acids is 1. The SMILES string of the molecule is CC(C)(C#Cc1ccc(-c2ccc(Cl)c3c(N(COC(=O)C(=O)O)S(C)(=O)=O)nn(CC(F)(F)F)c23)c([C@H](Cc2cc(F)cc(F)c2)NC(=O)Cn2nc(C(F)(F)F)c3c2C(F)(F)[C@@H]2C#C[C@H]32)n1)S(C)(=O)=O. The number of sulfonamides is 1. The average molecular weight is 1080 g/mol. The van der Waals surface area contributed by atoms with Crippen LogP contribution in [0.4, 0.5) is 49.7 Å². The second kappa shape index (κ2) is 18.3. The Hall–Kier alpha value is -6.91. The highest BCUT2D eigenvalue weighted by Gasteiger charge is 2.62. The third-order valence-corrected chi connectivity index (χ3v) is 14.6. The van der Waals surface area contributed by atoms with Crippen LogP contribution >= 0.6 is 11.6 Å². The first-order valence-electron chi connectivity index (χ1n) is 20.3. The Balaban J connectivity index is 1.48. The van der Waals surface area contributed by atoms with Gasteiger partial charge in [-0.25, -0.2) is 44.5 Å². The fourth-order valence-corrected chi connectivity index (χ4v) is 8.87. The smallest absolute Gasteiger partial charge is 0.435 e. The molecule has 0 unspecified atom stereocenters. The summed E-state index contributed by atoms with van der Waals surface area (Å²) in [6.45, 7) is -2.45. The van der Waals surface area contributed by atoms with Crippen molar-refractivity contribution in [2.45, 2.75) is 68.3 Å². The molecule has 0 aliphatic heterocycles. The van der Waals surface area contributed by atoms with E-state index in [1.54, 1.807) is 0 Å². The van der Waals surface area contributed by atoms with Crippen LogP contribution in [0, 0.1) is 41.2 Å². The van der Waals surface area contributed by atoms with Gasteiger partial charge in [0.15, 0.2) is 28.1 Å². The first-order valence-corrected chi connectivity index (χ1v) is 24.4. The number of alkyl halides is 8. The molecule has 16 nitrogen and oxygen atoms in total. The molecule has 2 N–H and O–H groups in total. The van der Waals surface area contributed by atoms with Crippen molar-refractivity contribution in [2.75, 3.05) is 23.5 Å². The highest BCUT2D eigenvalue weighted by atomic mass is 35.5. The summed E-state index contributed by atoms with van der Waals surface area (Å²) in [5, 5.41) is 17.4. The monoisotopic (exact) mass is 1080 g/mol. The lowest BCUT2D eigenvalue weighted by molar-refractivity contribution is -0.163. The third kappa shape index (κ3) is 10.4. The molecule has 72 heavy (non-hydrogen) atoms. The number of rotatable bonds is 13. The number of carboxylic acid groups (broad SMARTS) is 1. The average Bonchev–Trinajstić information content (AvgIpc) is 3.81. The van der Waals surface area contributed by atoms with E-state index in [1.807, 2.05) is 0 Å². The van der Waals surface area contributed by atoms with E-state index in [1.165, 1.54) is 13.8 Å². The number of amides is 1. The Bertz CT molecular complexity index is 3460. The molecule has 2 aliphatic carbocycles. The topological polar surface area (TPSA) is 213 Å². The van der Waals surface area contributed by atoms with Gasteiger partial charge in [-0.15, -0.1) is 0 Å². The van der Waals surface area contributed by atoms with Crippen LogP contribution in [-0.2, 0) is 70.6 Å². The number of benzene rings is 2. The minimum atomic E-state index is -5.31. The normalized spacial score (nSPS) is 16.6. The quantitative estimate of drug-likeness (QED) is 0.0440. The predicted molar refractivity (Wildman–Crippen MR) is 232 cm³/mol.